The number of ether oxygens (including phenoxy) is 3. The standard InChI is InChI=1S/C21H20N2O4/c1-12-3-5-17(25-2)19-15(12)9-13-7-8-23(20(13)22-19)21(24)14-4-6-16-18(10-14)27-11-26-16/h3-6,9-10,20,22H,7-8,11H2,1-2H3. The molecule has 27 heavy (non-hydrogen) atoms. The number of carbonyl (C=O) groups is 1. The van der Waals surface area contributed by atoms with Gasteiger partial charge in [0.2, 0.25) is 6.79 Å². The minimum Gasteiger partial charge on any atom is -0.495 e. The molecule has 0 radical (unpaired) electrons. The van der Waals surface area contributed by atoms with Crippen LogP contribution in [0.5, 0.6) is 17.2 Å². The molecule has 3 aliphatic rings. The molecule has 1 fully saturated rings. The van der Waals surface area contributed by atoms with Gasteiger partial charge in [0.05, 0.1) is 12.8 Å². The first-order valence-electron chi connectivity index (χ1n) is 9.01. The fourth-order valence-electron chi connectivity index (χ4n) is 3.98. The number of hydrogen-bond acceptors (Lipinski definition) is 5. The van der Waals surface area contributed by atoms with Gasteiger partial charge in [0, 0.05) is 17.7 Å². The quantitative estimate of drug-likeness (QED) is 0.885. The summed E-state index contributed by atoms with van der Waals surface area (Å²) in [4.78, 5) is 15.0. The highest BCUT2D eigenvalue weighted by Gasteiger charge is 2.37. The number of benzene rings is 2. The molecule has 2 aromatic rings. The van der Waals surface area contributed by atoms with Crippen molar-refractivity contribution in [1.29, 1.82) is 0 Å². The smallest absolute Gasteiger partial charge is 0.255 e. The average molecular weight is 364 g/mol. The van der Waals surface area contributed by atoms with Gasteiger partial charge >= 0.3 is 0 Å². The van der Waals surface area contributed by atoms with Crippen LogP contribution in [0.3, 0.4) is 0 Å². The first kappa shape index (κ1) is 16.1. The van der Waals surface area contributed by atoms with Crippen LogP contribution < -0.4 is 19.5 Å². The molecule has 3 aliphatic heterocycles. The molecule has 1 atom stereocenters. The van der Waals surface area contributed by atoms with E-state index in [0.717, 1.165) is 23.4 Å². The highest BCUT2D eigenvalue weighted by atomic mass is 16.7. The summed E-state index contributed by atoms with van der Waals surface area (Å²) in [6, 6.07) is 9.35. The van der Waals surface area contributed by atoms with E-state index in [1.807, 2.05) is 11.0 Å². The lowest BCUT2D eigenvalue weighted by Crippen LogP contribution is -2.42. The number of methoxy groups -OCH3 is 1. The summed E-state index contributed by atoms with van der Waals surface area (Å²) in [7, 11) is 1.66. The summed E-state index contributed by atoms with van der Waals surface area (Å²) in [5.41, 5.74) is 5.08. The topological polar surface area (TPSA) is 60.0 Å². The molecule has 6 nitrogen and oxygen atoms in total. The van der Waals surface area contributed by atoms with Crippen molar-refractivity contribution in [3.63, 3.8) is 0 Å². The average Bonchev–Trinajstić information content (AvgIpc) is 3.32. The van der Waals surface area contributed by atoms with Gasteiger partial charge in [-0.05, 0) is 54.8 Å². The number of likely N-dealkylation sites (tertiary alicyclic amines) is 1. The van der Waals surface area contributed by atoms with Crippen molar-refractivity contribution < 1.29 is 19.0 Å². The van der Waals surface area contributed by atoms with Gasteiger partial charge in [-0.3, -0.25) is 4.79 Å². The van der Waals surface area contributed by atoms with Crippen molar-refractivity contribution in [2.75, 3.05) is 25.8 Å². The molecular weight excluding hydrogens is 344 g/mol. The first-order valence-corrected chi connectivity index (χ1v) is 9.01. The SMILES string of the molecule is COc1ccc(C)c2c1NC1C(=C2)CCN1C(=O)c1ccc2c(c1)OCO2. The van der Waals surface area contributed by atoms with Crippen LogP contribution in [0, 0.1) is 6.92 Å². The van der Waals surface area contributed by atoms with E-state index in [0.29, 0.717) is 23.6 Å². The van der Waals surface area contributed by atoms with E-state index in [9.17, 15) is 4.79 Å². The third kappa shape index (κ3) is 2.44. The Bertz CT molecular complexity index is 982. The van der Waals surface area contributed by atoms with E-state index >= 15 is 0 Å². The highest BCUT2D eigenvalue weighted by Crippen LogP contribution is 2.41. The van der Waals surface area contributed by atoms with Crippen molar-refractivity contribution >= 4 is 17.7 Å². The number of aryl methyl sites for hydroxylation is 1. The van der Waals surface area contributed by atoms with Crippen LogP contribution in [0.1, 0.15) is 27.9 Å². The van der Waals surface area contributed by atoms with Crippen molar-refractivity contribution in [1.82, 2.24) is 4.90 Å². The first-order chi connectivity index (χ1) is 13.2. The van der Waals surface area contributed by atoms with Crippen molar-refractivity contribution in [3.8, 4) is 17.2 Å². The zero-order chi connectivity index (χ0) is 18.5. The molecule has 0 saturated carbocycles. The number of rotatable bonds is 2. The largest absolute Gasteiger partial charge is 0.495 e. The van der Waals surface area contributed by atoms with Crippen LogP contribution in [0.4, 0.5) is 5.69 Å². The summed E-state index contributed by atoms with van der Waals surface area (Å²) in [6.07, 6.45) is 2.89. The molecule has 0 bridgehead atoms. The maximum absolute atomic E-state index is 13.2. The highest BCUT2D eigenvalue weighted by molar-refractivity contribution is 5.96. The second kappa shape index (κ2) is 5.94. The fraction of sp³-hybridized carbons (Fsp3) is 0.286. The van der Waals surface area contributed by atoms with Crippen LogP contribution in [-0.4, -0.2) is 37.4 Å². The van der Waals surface area contributed by atoms with Crippen LogP contribution >= 0.6 is 0 Å². The number of carbonyl (C=O) groups excluding carboxylic acids is 1. The van der Waals surface area contributed by atoms with Gasteiger partial charge in [0.15, 0.2) is 11.5 Å². The molecule has 1 amide bonds. The lowest BCUT2D eigenvalue weighted by atomic mass is 9.97. The normalized spacial score (nSPS) is 19.1. The van der Waals surface area contributed by atoms with E-state index in [4.69, 9.17) is 14.2 Å². The number of anilines is 1. The Labute approximate surface area is 157 Å². The third-order valence-electron chi connectivity index (χ3n) is 5.44. The van der Waals surface area contributed by atoms with Crippen molar-refractivity contribution in [3.05, 3.63) is 52.6 Å². The molecule has 5 rings (SSSR count). The monoisotopic (exact) mass is 364 g/mol. The summed E-state index contributed by atoms with van der Waals surface area (Å²) in [5, 5.41) is 3.53. The molecule has 0 aromatic heterocycles. The lowest BCUT2D eigenvalue weighted by Gasteiger charge is -2.32. The molecule has 0 aliphatic carbocycles. The van der Waals surface area contributed by atoms with Crippen LogP contribution in [0.25, 0.3) is 6.08 Å². The summed E-state index contributed by atoms with van der Waals surface area (Å²) in [6.45, 7) is 2.96. The number of nitrogens with one attached hydrogen (secondary N) is 1. The molecule has 0 spiro atoms. The predicted molar refractivity (Wildman–Crippen MR) is 101 cm³/mol. The van der Waals surface area contributed by atoms with E-state index in [2.05, 4.69) is 24.4 Å². The molecule has 2 aromatic carbocycles. The van der Waals surface area contributed by atoms with Crippen molar-refractivity contribution in [2.24, 2.45) is 0 Å². The Morgan fingerprint density at radius 2 is 2.07 bits per heavy atom. The summed E-state index contributed by atoms with van der Waals surface area (Å²) >= 11 is 0. The minimum absolute atomic E-state index is 0.0238. The number of fused-ring (bicyclic) bond motifs is 3. The van der Waals surface area contributed by atoms with E-state index in [-0.39, 0.29) is 18.9 Å². The van der Waals surface area contributed by atoms with Gasteiger partial charge < -0.3 is 24.4 Å². The van der Waals surface area contributed by atoms with Gasteiger partial charge in [0.1, 0.15) is 11.9 Å². The molecule has 3 heterocycles. The Hall–Kier alpha value is -3.15. The zero-order valence-corrected chi connectivity index (χ0v) is 15.2. The molecule has 1 N–H and O–H groups in total. The van der Waals surface area contributed by atoms with E-state index in [1.54, 1.807) is 25.3 Å². The Morgan fingerprint density at radius 3 is 2.93 bits per heavy atom. The van der Waals surface area contributed by atoms with Crippen molar-refractivity contribution in [2.45, 2.75) is 19.5 Å². The van der Waals surface area contributed by atoms with Gasteiger partial charge in [-0.1, -0.05) is 6.07 Å². The Kier molecular flexibility index (Phi) is 3.53. The second-order valence-electron chi connectivity index (χ2n) is 6.96. The summed E-state index contributed by atoms with van der Waals surface area (Å²) in [5.74, 6) is 2.06. The molecule has 138 valence electrons. The van der Waals surface area contributed by atoms with Crippen LogP contribution in [-0.2, 0) is 0 Å². The van der Waals surface area contributed by atoms with Gasteiger partial charge in [0.25, 0.3) is 5.91 Å². The van der Waals surface area contributed by atoms with Gasteiger partial charge in [-0.15, -0.1) is 0 Å². The van der Waals surface area contributed by atoms with Crippen LogP contribution in [0.2, 0.25) is 0 Å². The maximum Gasteiger partial charge on any atom is 0.255 e. The van der Waals surface area contributed by atoms with Gasteiger partial charge in [-0.2, -0.15) is 0 Å². The third-order valence-corrected chi connectivity index (χ3v) is 5.44. The Balaban J connectivity index is 1.48. The van der Waals surface area contributed by atoms with E-state index < -0.39 is 0 Å². The molecular formula is C21H20N2O4. The zero-order valence-electron chi connectivity index (χ0n) is 15.2. The lowest BCUT2D eigenvalue weighted by molar-refractivity contribution is 0.0759. The summed E-state index contributed by atoms with van der Waals surface area (Å²) < 4.78 is 16.3. The molecule has 1 unspecified atom stereocenters. The number of hydrogen-bond donors (Lipinski definition) is 1. The molecule has 6 heteroatoms. The molecule has 1 saturated heterocycles. The fourth-order valence-corrected chi connectivity index (χ4v) is 3.98. The second-order valence-corrected chi connectivity index (χ2v) is 6.96. The van der Waals surface area contributed by atoms with E-state index in [1.165, 1.54) is 11.1 Å². The number of nitrogens with zero attached hydrogens (tertiary/aromatic N) is 1. The maximum atomic E-state index is 13.2. The van der Waals surface area contributed by atoms with Gasteiger partial charge in [-0.25, -0.2) is 0 Å². The van der Waals surface area contributed by atoms with Crippen LogP contribution in [0.15, 0.2) is 35.9 Å². The Morgan fingerprint density at radius 1 is 1.22 bits per heavy atom. The minimum atomic E-state index is -0.161. The number of amides is 1. The predicted octanol–water partition coefficient (Wildman–Crippen LogP) is 3.41.